The molecule has 1 N–H and O–H groups in total. The van der Waals surface area contributed by atoms with Gasteiger partial charge >= 0.3 is 0 Å². The van der Waals surface area contributed by atoms with Crippen molar-refractivity contribution in [3.63, 3.8) is 0 Å². The van der Waals surface area contributed by atoms with Gasteiger partial charge in [-0.05, 0) is 55.8 Å². The topological polar surface area (TPSA) is 89.9 Å². The summed E-state index contributed by atoms with van der Waals surface area (Å²) in [6.07, 6.45) is 1.13. The zero-order valence-electron chi connectivity index (χ0n) is 15.4. The maximum atomic E-state index is 12.9. The molecule has 3 rings (SSSR count). The molecule has 2 aromatic carbocycles. The van der Waals surface area contributed by atoms with Crippen molar-refractivity contribution in [1.82, 2.24) is 0 Å². The molecule has 1 aliphatic heterocycles. The second-order valence-electron chi connectivity index (χ2n) is 6.83. The van der Waals surface area contributed by atoms with E-state index in [2.05, 4.69) is 0 Å². The van der Waals surface area contributed by atoms with Gasteiger partial charge < -0.3 is 14.6 Å². The average Bonchev–Trinajstić information content (AvgIpc) is 2.85. The van der Waals surface area contributed by atoms with Crippen molar-refractivity contribution >= 4 is 27.0 Å². The third-order valence-electron chi connectivity index (χ3n) is 4.37. The third-order valence-corrected chi connectivity index (χ3v) is 5.50. The molecule has 2 aromatic rings. The van der Waals surface area contributed by atoms with E-state index in [9.17, 15) is 18.3 Å². The third kappa shape index (κ3) is 3.42. The minimum absolute atomic E-state index is 0.0356. The molecule has 7 heteroatoms. The van der Waals surface area contributed by atoms with Gasteiger partial charge in [-0.2, -0.15) is 0 Å². The van der Waals surface area contributed by atoms with Gasteiger partial charge in [0.2, 0.25) is 5.78 Å². The molecular formula is C20H20O6S. The van der Waals surface area contributed by atoms with Crippen molar-refractivity contribution in [2.75, 3.05) is 13.4 Å². The van der Waals surface area contributed by atoms with Crippen LogP contribution in [0.15, 0.2) is 47.4 Å². The van der Waals surface area contributed by atoms with Crippen LogP contribution < -0.4 is 4.74 Å². The van der Waals surface area contributed by atoms with E-state index in [1.165, 1.54) is 25.3 Å². The largest absolute Gasteiger partial charge is 0.504 e. The van der Waals surface area contributed by atoms with Crippen LogP contribution in [0.2, 0.25) is 0 Å². The maximum absolute atomic E-state index is 12.9. The average molecular weight is 388 g/mol. The highest BCUT2D eigenvalue weighted by molar-refractivity contribution is 7.90. The quantitative estimate of drug-likeness (QED) is 0.866. The molecule has 0 spiro atoms. The SMILES string of the molecule is COc1cc(C2=C(c3ccc(S(C)(=O)=O)cc3)OC(C)(C)C2=O)ccc1O. The minimum Gasteiger partial charge on any atom is -0.504 e. The predicted molar refractivity (Wildman–Crippen MR) is 101 cm³/mol. The Morgan fingerprint density at radius 1 is 1.04 bits per heavy atom. The lowest BCUT2D eigenvalue weighted by molar-refractivity contribution is -0.125. The van der Waals surface area contributed by atoms with Crippen LogP contribution in [0.25, 0.3) is 11.3 Å². The summed E-state index contributed by atoms with van der Waals surface area (Å²) in [5.74, 6) is 0.353. The number of carbonyl (C=O) groups excluding carboxylic acids is 1. The highest BCUT2D eigenvalue weighted by Crippen LogP contribution is 2.43. The van der Waals surface area contributed by atoms with Gasteiger partial charge in [0.25, 0.3) is 0 Å². The van der Waals surface area contributed by atoms with Crippen molar-refractivity contribution in [2.45, 2.75) is 24.3 Å². The predicted octanol–water partition coefficient (Wildman–Crippen LogP) is 3.05. The van der Waals surface area contributed by atoms with Crippen LogP contribution in [-0.4, -0.2) is 38.3 Å². The second-order valence-corrected chi connectivity index (χ2v) is 8.84. The molecule has 1 heterocycles. The number of aromatic hydroxyl groups is 1. The van der Waals surface area contributed by atoms with Gasteiger partial charge in [0, 0.05) is 11.8 Å². The first-order chi connectivity index (χ1) is 12.5. The van der Waals surface area contributed by atoms with E-state index in [1.54, 1.807) is 38.1 Å². The van der Waals surface area contributed by atoms with Crippen LogP contribution in [0.4, 0.5) is 0 Å². The van der Waals surface area contributed by atoms with Gasteiger partial charge in [-0.1, -0.05) is 6.07 Å². The summed E-state index contributed by atoms with van der Waals surface area (Å²) in [5, 5.41) is 9.82. The Labute approximate surface area is 158 Å². The fourth-order valence-corrected chi connectivity index (χ4v) is 3.54. The van der Waals surface area contributed by atoms with Crippen LogP contribution in [0.1, 0.15) is 25.0 Å². The van der Waals surface area contributed by atoms with Gasteiger partial charge in [0.05, 0.1) is 17.6 Å². The zero-order valence-corrected chi connectivity index (χ0v) is 16.3. The number of hydrogen-bond donors (Lipinski definition) is 1. The number of benzene rings is 2. The molecule has 0 atom stereocenters. The van der Waals surface area contributed by atoms with Crippen LogP contribution in [0.3, 0.4) is 0 Å². The number of methoxy groups -OCH3 is 1. The van der Waals surface area contributed by atoms with E-state index in [4.69, 9.17) is 9.47 Å². The lowest BCUT2D eigenvalue weighted by Crippen LogP contribution is -2.29. The van der Waals surface area contributed by atoms with E-state index in [0.717, 1.165) is 6.26 Å². The van der Waals surface area contributed by atoms with Crippen LogP contribution in [0.5, 0.6) is 11.5 Å². The first kappa shape index (κ1) is 19.0. The molecular weight excluding hydrogens is 368 g/mol. The first-order valence-electron chi connectivity index (χ1n) is 8.20. The Hall–Kier alpha value is -2.80. The molecule has 0 unspecified atom stereocenters. The lowest BCUT2D eigenvalue weighted by Gasteiger charge is -2.18. The van der Waals surface area contributed by atoms with E-state index >= 15 is 0 Å². The summed E-state index contributed by atoms with van der Waals surface area (Å²) in [5.41, 5.74) is 0.418. The van der Waals surface area contributed by atoms with Gasteiger partial charge in [-0.25, -0.2) is 8.42 Å². The molecule has 0 aliphatic carbocycles. The number of hydrogen-bond acceptors (Lipinski definition) is 6. The summed E-state index contributed by atoms with van der Waals surface area (Å²) < 4.78 is 34.4. The monoisotopic (exact) mass is 388 g/mol. The van der Waals surface area contributed by atoms with Crippen molar-refractivity contribution in [2.24, 2.45) is 0 Å². The molecule has 0 saturated carbocycles. The summed E-state index contributed by atoms with van der Waals surface area (Å²) in [6.45, 7) is 3.34. The molecule has 0 fully saturated rings. The Balaban J connectivity index is 2.18. The molecule has 6 nitrogen and oxygen atoms in total. The van der Waals surface area contributed by atoms with Crippen molar-refractivity contribution < 1.29 is 27.8 Å². The number of phenols is 1. The van der Waals surface area contributed by atoms with Crippen molar-refractivity contribution in [1.29, 1.82) is 0 Å². The zero-order chi connectivity index (χ0) is 20.0. The number of Topliss-reactive ketones (excluding diaryl/α,β-unsaturated/α-hetero) is 1. The Bertz CT molecular complexity index is 1050. The van der Waals surface area contributed by atoms with Gasteiger partial charge in [-0.15, -0.1) is 0 Å². The number of ether oxygens (including phenoxy) is 2. The number of ketones is 1. The number of sulfone groups is 1. The molecule has 0 radical (unpaired) electrons. The van der Waals surface area contributed by atoms with Gasteiger partial charge in [-0.3, -0.25) is 4.79 Å². The summed E-state index contributed by atoms with van der Waals surface area (Å²) in [7, 11) is -1.90. The van der Waals surface area contributed by atoms with E-state index in [0.29, 0.717) is 22.5 Å². The van der Waals surface area contributed by atoms with Crippen LogP contribution in [0, 0.1) is 0 Å². The van der Waals surface area contributed by atoms with Gasteiger partial charge in [0.15, 0.2) is 26.9 Å². The van der Waals surface area contributed by atoms with Gasteiger partial charge in [0.1, 0.15) is 5.76 Å². The maximum Gasteiger partial charge on any atom is 0.210 e. The molecule has 142 valence electrons. The summed E-state index contributed by atoms with van der Waals surface area (Å²) in [6, 6.07) is 10.8. The number of phenolic OH excluding ortho intramolecular Hbond substituents is 1. The summed E-state index contributed by atoms with van der Waals surface area (Å²) in [4.78, 5) is 13.1. The lowest BCUT2D eigenvalue weighted by atomic mass is 9.92. The highest BCUT2D eigenvalue weighted by atomic mass is 32.2. The molecule has 0 aromatic heterocycles. The minimum atomic E-state index is -3.32. The first-order valence-corrected chi connectivity index (χ1v) is 10.1. The van der Waals surface area contributed by atoms with E-state index < -0.39 is 15.4 Å². The summed E-state index contributed by atoms with van der Waals surface area (Å²) >= 11 is 0. The molecule has 27 heavy (non-hydrogen) atoms. The fourth-order valence-electron chi connectivity index (χ4n) is 2.91. The molecule has 0 saturated heterocycles. The molecule has 1 aliphatic rings. The number of carbonyl (C=O) groups is 1. The van der Waals surface area contributed by atoms with Crippen LogP contribution >= 0.6 is 0 Å². The normalized spacial score (nSPS) is 16.4. The Morgan fingerprint density at radius 3 is 2.19 bits per heavy atom. The van der Waals surface area contributed by atoms with E-state index in [-0.39, 0.29) is 22.2 Å². The van der Waals surface area contributed by atoms with E-state index in [1.807, 2.05) is 0 Å². The Kier molecular flexibility index (Phi) is 4.51. The standard InChI is InChI=1S/C20H20O6S/c1-20(2)19(22)17(13-7-10-15(21)16(11-13)25-3)18(26-20)12-5-8-14(9-6-12)27(4,23)24/h5-11,21H,1-4H3. The fraction of sp³-hybridized carbons (Fsp3) is 0.250. The molecule has 0 bridgehead atoms. The van der Waals surface area contributed by atoms with Crippen molar-refractivity contribution in [3.05, 3.63) is 53.6 Å². The van der Waals surface area contributed by atoms with Crippen molar-refractivity contribution in [3.8, 4) is 11.5 Å². The highest BCUT2D eigenvalue weighted by Gasteiger charge is 2.43. The molecule has 0 amide bonds. The van der Waals surface area contributed by atoms with Crippen LogP contribution in [-0.2, 0) is 19.4 Å². The number of rotatable bonds is 4. The second kappa shape index (κ2) is 6.42. The Morgan fingerprint density at radius 2 is 1.63 bits per heavy atom. The smallest absolute Gasteiger partial charge is 0.210 e.